The standard InChI is InChI=1S/C14H18P/c1-2-15(12-8-3-4-9-13-15)14-10-6-5-7-11-14/h5-13H,2-4H2,1H3/q+1. The summed E-state index contributed by atoms with van der Waals surface area (Å²) >= 11 is 0. The lowest BCUT2D eigenvalue weighted by Gasteiger charge is -2.17. The molecule has 15 heavy (non-hydrogen) atoms. The van der Waals surface area contributed by atoms with E-state index >= 15 is 0 Å². The molecule has 0 nitrogen and oxygen atoms in total. The molecule has 1 aliphatic heterocycles. The summed E-state index contributed by atoms with van der Waals surface area (Å²) in [5.41, 5.74) is 0. The van der Waals surface area contributed by atoms with Crippen molar-refractivity contribution in [2.45, 2.75) is 19.8 Å². The second kappa shape index (κ2) is 4.77. The van der Waals surface area contributed by atoms with Gasteiger partial charge in [0.15, 0.2) is 0 Å². The molecule has 0 saturated heterocycles. The highest BCUT2D eigenvalue weighted by Crippen LogP contribution is 2.61. The molecule has 0 unspecified atom stereocenters. The molecular weight excluding hydrogens is 199 g/mol. The molecule has 1 heteroatoms. The maximum atomic E-state index is 2.48. The maximum Gasteiger partial charge on any atom is 0.103 e. The van der Waals surface area contributed by atoms with Crippen molar-refractivity contribution in [1.29, 1.82) is 0 Å². The lowest BCUT2D eigenvalue weighted by molar-refractivity contribution is 1.06. The summed E-state index contributed by atoms with van der Waals surface area (Å²) in [6.45, 7) is 2.31. The zero-order valence-corrected chi connectivity index (χ0v) is 10.2. The molecule has 0 aliphatic carbocycles. The van der Waals surface area contributed by atoms with Crippen LogP contribution in [0.15, 0.2) is 54.1 Å². The van der Waals surface area contributed by atoms with Gasteiger partial charge in [-0.25, -0.2) is 0 Å². The van der Waals surface area contributed by atoms with Crippen LogP contribution >= 0.6 is 7.26 Å². The molecule has 0 fully saturated rings. The maximum absolute atomic E-state index is 2.48. The molecule has 78 valence electrons. The highest BCUT2D eigenvalue weighted by molar-refractivity contribution is 7.88. The van der Waals surface area contributed by atoms with Gasteiger partial charge in [0.25, 0.3) is 0 Å². The molecule has 0 radical (unpaired) electrons. The zero-order valence-electron chi connectivity index (χ0n) is 9.26. The third-order valence-corrected chi connectivity index (χ3v) is 6.79. The van der Waals surface area contributed by atoms with Crippen LogP contribution in [0.25, 0.3) is 0 Å². The predicted octanol–water partition coefficient (Wildman–Crippen LogP) is 4.17. The van der Waals surface area contributed by atoms with E-state index in [1.54, 1.807) is 0 Å². The van der Waals surface area contributed by atoms with E-state index in [-0.39, 0.29) is 0 Å². The molecule has 0 amide bonds. The van der Waals surface area contributed by atoms with Gasteiger partial charge in [-0.15, -0.1) is 0 Å². The average molecular weight is 217 g/mol. The van der Waals surface area contributed by atoms with Crippen LogP contribution in [0.3, 0.4) is 0 Å². The molecule has 1 aliphatic rings. The van der Waals surface area contributed by atoms with Crippen molar-refractivity contribution in [3.8, 4) is 0 Å². The van der Waals surface area contributed by atoms with Gasteiger partial charge in [-0.05, 0) is 44.1 Å². The lowest BCUT2D eigenvalue weighted by atomic mass is 10.3. The zero-order chi connectivity index (χ0) is 10.6. The van der Waals surface area contributed by atoms with Gasteiger partial charge >= 0.3 is 0 Å². The first-order chi connectivity index (χ1) is 7.37. The fourth-order valence-corrected chi connectivity index (χ4v) is 5.05. The molecule has 0 saturated carbocycles. The Morgan fingerprint density at radius 2 is 1.60 bits per heavy atom. The van der Waals surface area contributed by atoms with Crippen LogP contribution in [0.1, 0.15) is 19.8 Å². The lowest BCUT2D eigenvalue weighted by Crippen LogP contribution is -2.08. The van der Waals surface area contributed by atoms with E-state index in [0.717, 1.165) is 0 Å². The first-order valence-electron chi connectivity index (χ1n) is 5.66. The normalized spacial score (nSPS) is 18.7. The summed E-state index contributed by atoms with van der Waals surface area (Å²) in [5.74, 6) is 4.96. The average Bonchev–Trinajstić information content (AvgIpc) is 2.56. The largest absolute Gasteiger partial charge is 0.103 e. The molecule has 1 aromatic rings. The van der Waals surface area contributed by atoms with Gasteiger partial charge in [-0.1, -0.05) is 18.2 Å². The van der Waals surface area contributed by atoms with E-state index in [2.05, 4.69) is 61.0 Å². The van der Waals surface area contributed by atoms with Crippen LogP contribution in [-0.2, 0) is 0 Å². The Morgan fingerprint density at radius 1 is 1.00 bits per heavy atom. The van der Waals surface area contributed by atoms with Gasteiger partial charge in [0.1, 0.15) is 5.30 Å². The van der Waals surface area contributed by atoms with Crippen molar-refractivity contribution in [2.24, 2.45) is 0 Å². The minimum absolute atomic E-state index is 1.13. The predicted molar refractivity (Wildman–Crippen MR) is 71.1 cm³/mol. The van der Waals surface area contributed by atoms with Gasteiger partial charge in [0.05, 0.1) is 25.1 Å². The molecule has 0 aromatic heterocycles. The Bertz CT molecular complexity index is 348. The van der Waals surface area contributed by atoms with E-state index in [1.807, 2.05) is 0 Å². The Hall–Kier alpha value is -0.870. The number of allylic oxidation sites excluding steroid dienone is 2. The van der Waals surface area contributed by atoms with Crippen LogP contribution in [0.4, 0.5) is 0 Å². The van der Waals surface area contributed by atoms with Crippen LogP contribution in [0, 0.1) is 0 Å². The van der Waals surface area contributed by atoms with E-state index in [1.165, 1.54) is 24.3 Å². The summed E-state index contributed by atoms with van der Waals surface area (Å²) in [6, 6.07) is 11.0. The quantitative estimate of drug-likeness (QED) is 0.652. The summed E-state index contributed by atoms with van der Waals surface area (Å²) in [7, 11) is -1.13. The highest BCUT2D eigenvalue weighted by atomic mass is 31.2. The fraction of sp³-hybridized carbons (Fsp3) is 0.286. The smallest absolute Gasteiger partial charge is 0.0620 e. The summed E-state index contributed by atoms with van der Waals surface area (Å²) in [5, 5.41) is 1.52. The van der Waals surface area contributed by atoms with Crippen LogP contribution in [-0.4, -0.2) is 6.16 Å². The second-order valence-electron chi connectivity index (χ2n) is 3.93. The molecule has 0 bridgehead atoms. The van der Waals surface area contributed by atoms with E-state index in [9.17, 15) is 0 Å². The summed E-state index contributed by atoms with van der Waals surface area (Å²) in [4.78, 5) is 0. The minimum Gasteiger partial charge on any atom is -0.0620 e. The van der Waals surface area contributed by atoms with Gasteiger partial charge in [0.2, 0.25) is 0 Å². The van der Waals surface area contributed by atoms with Crippen molar-refractivity contribution in [2.75, 3.05) is 6.16 Å². The van der Waals surface area contributed by atoms with Crippen molar-refractivity contribution in [3.63, 3.8) is 0 Å². The third kappa shape index (κ3) is 2.21. The van der Waals surface area contributed by atoms with Gasteiger partial charge in [0, 0.05) is 0 Å². The first-order valence-corrected chi connectivity index (χ1v) is 7.77. The van der Waals surface area contributed by atoms with Crippen molar-refractivity contribution in [1.82, 2.24) is 0 Å². The van der Waals surface area contributed by atoms with Gasteiger partial charge in [-0.2, -0.15) is 0 Å². The van der Waals surface area contributed by atoms with Crippen LogP contribution < -0.4 is 5.30 Å². The number of hydrogen-bond donors (Lipinski definition) is 0. The van der Waals surface area contributed by atoms with Crippen molar-refractivity contribution in [3.05, 3.63) is 54.1 Å². The van der Waals surface area contributed by atoms with E-state index < -0.39 is 7.26 Å². The number of rotatable bonds is 2. The fourth-order valence-electron chi connectivity index (χ4n) is 2.04. The van der Waals surface area contributed by atoms with E-state index in [0.29, 0.717) is 0 Å². The SMILES string of the molecule is CC[P+]1(c2ccccc2)C=CCCC=C1. The Balaban J connectivity index is 2.44. The molecule has 2 rings (SSSR count). The Labute approximate surface area is 93.1 Å². The topological polar surface area (TPSA) is 0 Å². The Morgan fingerprint density at radius 3 is 2.13 bits per heavy atom. The minimum atomic E-state index is -1.13. The van der Waals surface area contributed by atoms with Crippen LogP contribution in [0.5, 0.6) is 0 Å². The second-order valence-corrected chi connectivity index (χ2v) is 7.54. The van der Waals surface area contributed by atoms with Crippen LogP contribution in [0.2, 0.25) is 0 Å². The van der Waals surface area contributed by atoms with Gasteiger partial charge in [-0.3, -0.25) is 0 Å². The van der Waals surface area contributed by atoms with Crippen molar-refractivity contribution < 1.29 is 0 Å². The molecule has 0 spiro atoms. The number of hydrogen-bond acceptors (Lipinski definition) is 0. The molecule has 0 atom stereocenters. The van der Waals surface area contributed by atoms with E-state index in [4.69, 9.17) is 0 Å². The number of benzene rings is 1. The summed E-state index contributed by atoms with van der Waals surface area (Å²) in [6.07, 6.45) is 8.37. The Kier molecular flexibility index (Phi) is 3.38. The van der Waals surface area contributed by atoms with Gasteiger partial charge < -0.3 is 0 Å². The molecule has 1 heterocycles. The highest BCUT2D eigenvalue weighted by Gasteiger charge is 2.33. The molecular formula is C14H18P+. The first kappa shape index (κ1) is 10.6. The van der Waals surface area contributed by atoms with Crippen molar-refractivity contribution >= 4 is 12.6 Å². The third-order valence-electron chi connectivity index (χ3n) is 3.00. The molecule has 1 aromatic carbocycles. The monoisotopic (exact) mass is 217 g/mol. The molecule has 0 N–H and O–H groups in total. The summed E-state index contributed by atoms with van der Waals surface area (Å²) < 4.78 is 0.